The minimum absolute atomic E-state index is 0.103. The minimum atomic E-state index is 0.103. The maximum absolute atomic E-state index is 6.08. The molecule has 0 aromatic heterocycles. The monoisotopic (exact) mass is 427 g/mol. The average Bonchev–Trinajstić information content (AvgIpc) is 2.85. The van der Waals surface area contributed by atoms with Crippen LogP contribution < -0.4 is 10.6 Å². The van der Waals surface area contributed by atoms with Gasteiger partial charge in [0.25, 0.3) is 0 Å². The van der Waals surface area contributed by atoms with Crippen molar-refractivity contribution < 1.29 is 0 Å². The smallest absolute Gasteiger partial charge is 0.196 e. The summed E-state index contributed by atoms with van der Waals surface area (Å²) in [5.41, 5.74) is 8.22. The maximum Gasteiger partial charge on any atom is 0.196 e. The number of halogens is 3. The van der Waals surface area contributed by atoms with Crippen molar-refractivity contribution in [1.29, 1.82) is 0 Å². The van der Waals surface area contributed by atoms with Crippen molar-refractivity contribution in [2.75, 3.05) is 11.4 Å². The molecule has 0 radical (unpaired) electrons. The molecule has 1 heterocycles. The number of hydrogen-bond acceptors (Lipinski definition) is 3. The molecule has 2 N–H and O–H groups in total. The van der Waals surface area contributed by atoms with Crippen LogP contribution in [0, 0.1) is 0 Å². The zero-order chi connectivity index (χ0) is 15.0. The first-order valence-corrected chi connectivity index (χ1v) is 8.32. The van der Waals surface area contributed by atoms with E-state index in [-0.39, 0.29) is 6.04 Å². The molecular weight excluding hydrogens is 417 g/mol. The number of hydrogen-bond donors (Lipinski definition) is 1. The van der Waals surface area contributed by atoms with Gasteiger partial charge in [0.05, 0.1) is 17.6 Å². The largest absolute Gasteiger partial charge is 0.369 e. The Hall–Kier alpha value is -1.04. The van der Waals surface area contributed by atoms with Gasteiger partial charge in [-0.15, -0.1) is 0 Å². The summed E-state index contributed by atoms with van der Waals surface area (Å²) in [6.45, 7) is 0.647. The predicted octanol–water partition coefficient (Wildman–Crippen LogP) is 4.74. The van der Waals surface area contributed by atoms with Crippen molar-refractivity contribution in [2.24, 2.45) is 10.7 Å². The first-order chi connectivity index (χ1) is 10.1. The van der Waals surface area contributed by atoms with Gasteiger partial charge < -0.3 is 10.6 Å². The van der Waals surface area contributed by atoms with E-state index in [0.29, 0.717) is 17.5 Å². The van der Waals surface area contributed by atoms with E-state index < -0.39 is 0 Å². The number of rotatable bonds is 2. The Bertz CT molecular complexity index is 701. The molecule has 6 heteroatoms. The molecule has 0 aliphatic carbocycles. The summed E-state index contributed by atoms with van der Waals surface area (Å²) in [4.78, 5) is 6.42. The maximum atomic E-state index is 6.08. The van der Waals surface area contributed by atoms with Crippen molar-refractivity contribution in [3.05, 3.63) is 62.0 Å². The van der Waals surface area contributed by atoms with Gasteiger partial charge in [0.2, 0.25) is 0 Å². The zero-order valence-corrected chi connectivity index (χ0v) is 14.9. The van der Waals surface area contributed by atoms with Gasteiger partial charge in [0.1, 0.15) is 0 Å². The highest BCUT2D eigenvalue weighted by Crippen LogP contribution is 2.35. The van der Waals surface area contributed by atoms with E-state index in [0.717, 1.165) is 14.6 Å². The summed E-state index contributed by atoms with van der Waals surface area (Å²) in [5.74, 6) is 0.525. The molecule has 2 aromatic carbocycles. The van der Waals surface area contributed by atoms with E-state index in [1.807, 2.05) is 35.2 Å². The molecular formula is C15H12Br2ClN3. The first-order valence-electron chi connectivity index (χ1n) is 6.36. The molecule has 0 bridgehead atoms. The van der Waals surface area contributed by atoms with Crippen LogP contribution in [0.5, 0.6) is 0 Å². The van der Waals surface area contributed by atoms with E-state index in [1.165, 1.54) is 5.56 Å². The number of guanidine groups is 1. The standard InChI is InChI=1S/C15H12Br2ClN3/c16-10-3-1-9(2-4-10)14-8-20-15(19)21(14)11-5-6-13(18)12(17)7-11/h1-7,14H,8H2,(H2,19,20). The highest BCUT2D eigenvalue weighted by Gasteiger charge is 2.29. The number of nitrogens with zero attached hydrogens (tertiary/aromatic N) is 2. The van der Waals surface area contributed by atoms with Crippen LogP contribution in [0.3, 0.4) is 0 Å². The molecule has 0 fully saturated rings. The number of nitrogens with two attached hydrogens (primary N) is 1. The lowest BCUT2D eigenvalue weighted by Gasteiger charge is -2.27. The summed E-state index contributed by atoms with van der Waals surface area (Å²) in [6.07, 6.45) is 0. The molecule has 1 atom stereocenters. The average molecular weight is 430 g/mol. The summed E-state index contributed by atoms with van der Waals surface area (Å²) >= 11 is 13.0. The fourth-order valence-corrected chi connectivity index (χ4v) is 3.13. The Morgan fingerprint density at radius 2 is 1.86 bits per heavy atom. The highest BCUT2D eigenvalue weighted by molar-refractivity contribution is 9.10. The molecule has 1 aliphatic heterocycles. The van der Waals surface area contributed by atoms with E-state index in [4.69, 9.17) is 17.3 Å². The molecule has 3 rings (SSSR count). The normalized spacial score (nSPS) is 18.0. The molecule has 1 unspecified atom stereocenters. The van der Waals surface area contributed by atoms with Crippen LogP contribution in [0.15, 0.2) is 56.4 Å². The zero-order valence-electron chi connectivity index (χ0n) is 10.9. The highest BCUT2D eigenvalue weighted by atomic mass is 79.9. The Balaban J connectivity index is 1.99. The Kier molecular flexibility index (Phi) is 4.24. The molecule has 21 heavy (non-hydrogen) atoms. The fraction of sp³-hybridized carbons (Fsp3) is 0.133. The SMILES string of the molecule is NC1=NCC(c2ccc(Br)cc2)N1c1ccc(Cl)c(Br)c1. The van der Waals surface area contributed by atoms with Crippen LogP contribution in [-0.4, -0.2) is 12.5 Å². The quantitative estimate of drug-likeness (QED) is 0.749. The van der Waals surface area contributed by atoms with E-state index in [1.54, 1.807) is 0 Å². The number of benzene rings is 2. The molecule has 0 spiro atoms. The second-order valence-corrected chi connectivity index (χ2v) is 6.91. The van der Waals surface area contributed by atoms with Crippen LogP contribution in [0.2, 0.25) is 5.02 Å². The van der Waals surface area contributed by atoms with Gasteiger partial charge in [-0.2, -0.15) is 0 Å². The van der Waals surface area contributed by atoms with Gasteiger partial charge in [-0.25, -0.2) is 0 Å². The lowest BCUT2D eigenvalue weighted by molar-refractivity contribution is 0.768. The van der Waals surface area contributed by atoms with Crippen LogP contribution in [-0.2, 0) is 0 Å². The summed E-state index contributed by atoms with van der Waals surface area (Å²) in [7, 11) is 0. The topological polar surface area (TPSA) is 41.6 Å². The fourth-order valence-electron chi connectivity index (χ4n) is 2.38. The Morgan fingerprint density at radius 1 is 1.14 bits per heavy atom. The molecule has 3 nitrogen and oxygen atoms in total. The van der Waals surface area contributed by atoms with Crippen LogP contribution >= 0.6 is 43.5 Å². The van der Waals surface area contributed by atoms with Crippen molar-refractivity contribution in [3.63, 3.8) is 0 Å². The Morgan fingerprint density at radius 3 is 2.52 bits per heavy atom. The van der Waals surface area contributed by atoms with E-state index >= 15 is 0 Å². The number of aliphatic imine (C=N–C) groups is 1. The van der Waals surface area contributed by atoms with E-state index in [2.05, 4.69) is 49.0 Å². The predicted molar refractivity (Wildman–Crippen MR) is 95.0 cm³/mol. The third kappa shape index (κ3) is 2.96. The lowest BCUT2D eigenvalue weighted by atomic mass is 10.1. The van der Waals surface area contributed by atoms with Crippen molar-refractivity contribution in [2.45, 2.75) is 6.04 Å². The Labute approximate surface area is 145 Å². The van der Waals surface area contributed by atoms with Crippen LogP contribution in [0.4, 0.5) is 5.69 Å². The molecule has 108 valence electrons. The molecule has 1 aliphatic rings. The second kappa shape index (κ2) is 5.99. The molecule has 2 aromatic rings. The lowest BCUT2D eigenvalue weighted by Crippen LogP contribution is -2.36. The van der Waals surface area contributed by atoms with Gasteiger partial charge in [-0.3, -0.25) is 4.99 Å². The molecule has 0 amide bonds. The van der Waals surface area contributed by atoms with Crippen LogP contribution in [0.1, 0.15) is 11.6 Å². The summed E-state index contributed by atoms with van der Waals surface area (Å²) in [6, 6.07) is 14.1. The summed E-state index contributed by atoms with van der Waals surface area (Å²) in [5, 5.41) is 0.675. The van der Waals surface area contributed by atoms with Crippen molar-refractivity contribution in [1.82, 2.24) is 0 Å². The van der Waals surface area contributed by atoms with Crippen molar-refractivity contribution in [3.8, 4) is 0 Å². The van der Waals surface area contributed by atoms with Gasteiger partial charge in [-0.05, 0) is 51.8 Å². The summed E-state index contributed by atoms with van der Waals surface area (Å²) < 4.78 is 1.90. The van der Waals surface area contributed by atoms with E-state index in [9.17, 15) is 0 Å². The van der Waals surface area contributed by atoms with Gasteiger partial charge in [-0.1, -0.05) is 39.7 Å². The van der Waals surface area contributed by atoms with Gasteiger partial charge in [0.15, 0.2) is 5.96 Å². The van der Waals surface area contributed by atoms with Gasteiger partial charge >= 0.3 is 0 Å². The molecule has 0 saturated heterocycles. The molecule has 0 saturated carbocycles. The third-order valence-corrected chi connectivity index (χ3v) is 5.16. The van der Waals surface area contributed by atoms with Crippen LogP contribution in [0.25, 0.3) is 0 Å². The first kappa shape index (κ1) is 14.9. The second-order valence-electron chi connectivity index (χ2n) is 4.73. The van der Waals surface area contributed by atoms with Crippen molar-refractivity contribution >= 4 is 55.1 Å². The third-order valence-electron chi connectivity index (χ3n) is 3.42. The van der Waals surface area contributed by atoms with Gasteiger partial charge in [0, 0.05) is 14.6 Å². The minimum Gasteiger partial charge on any atom is -0.369 e. The number of anilines is 1.